The number of furan rings is 1. The predicted molar refractivity (Wildman–Crippen MR) is 157 cm³/mol. The van der Waals surface area contributed by atoms with Crippen LogP contribution in [0.3, 0.4) is 0 Å². The molecule has 10 heteroatoms. The maximum atomic E-state index is 12.4. The molecule has 190 valence electrons. The molecule has 0 radical (unpaired) electrons. The van der Waals surface area contributed by atoms with Gasteiger partial charge in [0, 0.05) is 32.9 Å². The monoisotopic (exact) mass is 581 g/mol. The highest BCUT2D eigenvalue weighted by Gasteiger charge is 2.12. The second-order valence-corrected chi connectivity index (χ2v) is 9.93. The van der Waals surface area contributed by atoms with Crippen LogP contribution in [0.4, 0.5) is 5.69 Å². The highest BCUT2D eigenvalue weighted by atomic mass is 35.5. The second kappa shape index (κ2) is 11.0. The molecule has 2 heterocycles. The van der Waals surface area contributed by atoms with Gasteiger partial charge in [0.15, 0.2) is 10.7 Å². The quantitative estimate of drug-likeness (QED) is 0.160. The summed E-state index contributed by atoms with van der Waals surface area (Å²) in [7, 11) is 0. The van der Waals surface area contributed by atoms with Crippen molar-refractivity contribution < 1.29 is 13.6 Å². The fourth-order valence-corrected chi connectivity index (χ4v) is 4.51. The standard InChI is InChI=1S/C28H18Cl3N3O3S/c1-15-2-3-16(12-21(15)30)27-33-23-14-18(5-9-25(23)37-27)32-28(38)34-26(35)11-7-19-6-10-24(36-19)20-8-4-17(29)13-22(20)31/h2-14H,1H3,(H2,32,34,35,38)/b11-7+. The molecule has 2 N–H and O–H groups in total. The summed E-state index contributed by atoms with van der Waals surface area (Å²) in [6.45, 7) is 1.93. The minimum atomic E-state index is -0.425. The summed E-state index contributed by atoms with van der Waals surface area (Å²) in [5.41, 5.74) is 4.33. The lowest BCUT2D eigenvalue weighted by molar-refractivity contribution is -0.115. The summed E-state index contributed by atoms with van der Waals surface area (Å²) in [5.74, 6) is 1.06. The van der Waals surface area contributed by atoms with Crippen LogP contribution in [0.2, 0.25) is 15.1 Å². The van der Waals surface area contributed by atoms with Gasteiger partial charge < -0.3 is 14.2 Å². The predicted octanol–water partition coefficient (Wildman–Crippen LogP) is 8.55. The summed E-state index contributed by atoms with van der Waals surface area (Å²) in [4.78, 5) is 16.9. The van der Waals surface area contributed by atoms with Gasteiger partial charge in [-0.1, -0.05) is 40.9 Å². The third kappa shape index (κ3) is 5.92. The van der Waals surface area contributed by atoms with E-state index in [1.807, 2.05) is 25.1 Å². The van der Waals surface area contributed by atoms with Gasteiger partial charge >= 0.3 is 0 Å². The molecule has 0 aliphatic rings. The summed E-state index contributed by atoms with van der Waals surface area (Å²) >= 11 is 23.7. The summed E-state index contributed by atoms with van der Waals surface area (Å²) in [5, 5.41) is 7.35. The number of nitrogens with zero attached hydrogens (tertiary/aromatic N) is 1. The largest absolute Gasteiger partial charge is 0.457 e. The smallest absolute Gasteiger partial charge is 0.250 e. The molecule has 0 aliphatic heterocycles. The van der Waals surface area contributed by atoms with Crippen molar-refractivity contribution in [2.45, 2.75) is 6.92 Å². The van der Waals surface area contributed by atoms with Crippen LogP contribution < -0.4 is 10.6 Å². The normalized spacial score (nSPS) is 11.3. The molecule has 0 unspecified atom stereocenters. The SMILES string of the molecule is Cc1ccc(-c2nc3cc(NC(=S)NC(=O)/C=C/c4ccc(-c5ccc(Cl)cc5Cl)o4)ccc3o2)cc1Cl. The molecule has 5 aromatic rings. The van der Waals surface area contributed by atoms with Crippen LogP contribution in [-0.2, 0) is 4.79 Å². The zero-order valence-corrected chi connectivity index (χ0v) is 22.8. The molecule has 6 nitrogen and oxygen atoms in total. The Kier molecular flexibility index (Phi) is 7.53. The number of aromatic nitrogens is 1. The van der Waals surface area contributed by atoms with Crippen LogP contribution in [-0.4, -0.2) is 16.0 Å². The van der Waals surface area contributed by atoms with Crippen LogP contribution >= 0.6 is 47.0 Å². The minimum Gasteiger partial charge on any atom is -0.457 e. The maximum absolute atomic E-state index is 12.4. The van der Waals surface area contributed by atoms with Gasteiger partial charge in [0.2, 0.25) is 11.8 Å². The zero-order valence-electron chi connectivity index (χ0n) is 19.7. The van der Waals surface area contributed by atoms with E-state index in [1.54, 1.807) is 48.5 Å². The molecule has 0 fully saturated rings. The van der Waals surface area contributed by atoms with E-state index in [2.05, 4.69) is 15.6 Å². The van der Waals surface area contributed by atoms with Crippen molar-refractivity contribution in [2.24, 2.45) is 0 Å². The van der Waals surface area contributed by atoms with Gasteiger partial charge in [-0.3, -0.25) is 10.1 Å². The highest BCUT2D eigenvalue weighted by molar-refractivity contribution is 7.80. The van der Waals surface area contributed by atoms with Crippen molar-refractivity contribution in [1.29, 1.82) is 0 Å². The Morgan fingerprint density at radius 1 is 0.947 bits per heavy atom. The third-order valence-electron chi connectivity index (χ3n) is 5.52. The number of hydrogen-bond acceptors (Lipinski definition) is 5. The van der Waals surface area contributed by atoms with Crippen LogP contribution in [0, 0.1) is 6.92 Å². The van der Waals surface area contributed by atoms with E-state index in [1.165, 1.54) is 12.2 Å². The Hall–Kier alpha value is -3.62. The molecule has 0 bridgehead atoms. The number of fused-ring (bicyclic) bond motifs is 1. The van der Waals surface area contributed by atoms with Gasteiger partial charge in [0.25, 0.3) is 0 Å². The van der Waals surface area contributed by atoms with Crippen molar-refractivity contribution >= 4 is 80.9 Å². The molecular weight excluding hydrogens is 565 g/mol. The van der Waals surface area contributed by atoms with E-state index in [4.69, 9.17) is 55.9 Å². The Bertz CT molecular complexity index is 1730. The molecule has 0 atom stereocenters. The summed E-state index contributed by atoms with van der Waals surface area (Å²) < 4.78 is 11.6. The number of nitrogens with one attached hydrogen (secondary N) is 2. The van der Waals surface area contributed by atoms with E-state index >= 15 is 0 Å². The van der Waals surface area contributed by atoms with Crippen LogP contribution in [0.25, 0.3) is 40.0 Å². The van der Waals surface area contributed by atoms with Crippen LogP contribution in [0.1, 0.15) is 11.3 Å². The van der Waals surface area contributed by atoms with Crippen molar-refractivity contribution in [3.05, 3.63) is 99.2 Å². The first-order chi connectivity index (χ1) is 18.2. The van der Waals surface area contributed by atoms with Gasteiger partial charge in [-0.25, -0.2) is 4.98 Å². The molecule has 38 heavy (non-hydrogen) atoms. The number of halogens is 3. The van der Waals surface area contributed by atoms with E-state index in [0.29, 0.717) is 54.8 Å². The first kappa shape index (κ1) is 26.0. The molecule has 2 aromatic heterocycles. The second-order valence-electron chi connectivity index (χ2n) is 8.27. The fourth-order valence-electron chi connectivity index (χ4n) is 3.60. The number of anilines is 1. The molecule has 0 spiro atoms. The van der Waals surface area contributed by atoms with Crippen molar-refractivity contribution in [3.8, 4) is 22.8 Å². The maximum Gasteiger partial charge on any atom is 0.250 e. The van der Waals surface area contributed by atoms with Crippen LogP contribution in [0.15, 0.2) is 81.6 Å². The lowest BCUT2D eigenvalue weighted by Crippen LogP contribution is -2.32. The van der Waals surface area contributed by atoms with Gasteiger partial charge in [0.05, 0.1) is 5.02 Å². The van der Waals surface area contributed by atoms with Crippen molar-refractivity contribution in [1.82, 2.24) is 10.3 Å². The number of aryl methyl sites for hydroxylation is 1. The average molecular weight is 583 g/mol. The Labute approximate surface area is 238 Å². The number of rotatable bonds is 5. The number of thiocarbonyl (C=S) groups is 1. The van der Waals surface area contributed by atoms with Gasteiger partial charge in [0.1, 0.15) is 17.0 Å². The molecule has 0 aliphatic carbocycles. The number of hydrogen-bond donors (Lipinski definition) is 2. The number of carbonyl (C=O) groups excluding carboxylic acids is 1. The first-order valence-electron chi connectivity index (χ1n) is 11.3. The number of oxazole rings is 1. The van der Waals surface area contributed by atoms with Crippen LogP contribution in [0.5, 0.6) is 0 Å². The van der Waals surface area contributed by atoms with E-state index < -0.39 is 5.91 Å². The number of amides is 1. The van der Waals surface area contributed by atoms with Gasteiger partial charge in [-0.15, -0.1) is 0 Å². The molecule has 3 aromatic carbocycles. The van der Waals surface area contributed by atoms with Gasteiger partial charge in [-0.2, -0.15) is 0 Å². The van der Waals surface area contributed by atoms with Gasteiger partial charge in [-0.05, 0) is 91.4 Å². The topological polar surface area (TPSA) is 80.3 Å². The Morgan fingerprint density at radius 2 is 1.79 bits per heavy atom. The summed E-state index contributed by atoms with van der Waals surface area (Å²) in [6, 6.07) is 19.6. The summed E-state index contributed by atoms with van der Waals surface area (Å²) in [6.07, 6.45) is 2.85. The molecule has 0 saturated carbocycles. The highest BCUT2D eigenvalue weighted by Crippen LogP contribution is 2.32. The number of benzene rings is 3. The Balaban J connectivity index is 1.21. The van der Waals surface area contributed by atoms with Crippen molar-refractivity contribution in [2.75, 3.05) is 5.32 Å². The zero-order chi connectivity index (χ0) is 26.8. The van der Waals surface area contributed by atoms with E-state index in [-0.39, 0.29) is 5.11 Å². The lowest BCUT2D eigenvalue weighted by Gasteiger charge is -2.07. The molecule has 5 rings (SSSR count). The fraction of sp³-hybridized carbons (Fsp3) is 0.0357. The minimum absolute atomic E-state index is 0.126. The molecular formula is C28H18Cl3N3O3S. The van der Waals surface area contributed by atoms with E-state index in [9.17, 15) is 4.79 Å². The lowest BCUT2D eigenvalue weighted by atomic mass is 10.1. The average Bonchev–Trinajstić information content (AvgIpc) is 3.51. The third-order valence-corrected chi connectivity index (χ3v) is 6.68. The number of carbonyl (C=O) groups is 1. The molecule has 0 saturated heterocycles. The van der Waals surface area contributed by atoms with Crippen molar-refractivity contribution in [3.63, 3.8) is 0 Å². The van der Waals surface area contributed by atoms with E-state index in [0.717, 1.165) is 11.1 Å². The molecule has 1 amide bonds. The first-order valence-corrected chi connectivity index (χ1v) is 12.8. The Morgan fingerprint density at radius 3 is 2.58 bits per heavy atom.